The molecule has 1 aromatic carbocycles. The summed E-state index contributed by atoms with van der Waals surface area (Å²) in [5.41, 5.74) is 0.762. The summed E-state index contributed by atoms with van der Waals surface area (Å²) in [5.74, 6) is 0.812. The smallest absolute Gasteiger partial charge is 0.259 e. The first-order chi connectivity index (χ1) is 9.42. The lowest BCUT2D eigenvalue weighted by Gasteiger charge is -2.04. The van der Waals surface area contributed by atoms with E-state index in [0.29, 0.717) is 12.4 Å². The summed E-state index contributed by atoms with van der Waals surface area (Å²) in [7, 11) is -3.62. The van der Waals surface area contributed by atoms with Gasteiger partial charge in [0, 0.05) is 19.3 Å². The summed E-state index contributed by atoms with van der Waals surface area (Å²) < 4.78 is 28.5. The van der Waals surface area contributed by atoms with Crippen LogP contribution in [0.25, 0.3) is 0 Å². The summed E-state index contributed by atoms with van der Waals surface area (Å²) in [4.78, 5) is 4.05. The van der Waals surface area contributed by atoms with Gasteiger partial charge in [-0.25, -0.2) is 18.1 Å². The van der Waals surface area contributed by atoms with Crippen molar-refractivity contribution in [2.45, 2.75) is 32.0 Å². The van der Waals surface area contributed by atoms with Gasteiger partial charge in [0.15, 0.2) is 5.03 Å². The van der Waals surface area contributed by atoms with Crippen molar-refractivity contribution in [1.82, 2.24) is 14.3 Å². The number of nitrogens with one attached hydrogen (secondary N) is 1. The fourth-order valence-corrected chi connectivity index (χ4v) is 2.82. The van der Waals surface area contributed by atoms with Crippen molar-refractivity contribution in [3.63, 3.8) is 0 Å². The van der Waals surface area contributed by atoms with Crippen molar-refractivity contribution in [1.29, 1.82) is 0 Å². The Balaban J connectivity index is 2.12. The van der Waals surface area contributed by atoms with Gasteiger partial charge in [-0.15, -0.1) is 0 Å². The van der Waals surface area contributed by atoms with Gasteiger partial charge in [-0.1, -0.05) is 12.1 Å². The average Bonchev–Trinajstić information content (AvgIpc) is 2.80. The first-order valence-electron chi connectivity index (χ1n) is 6.23. The minimum absolute atomic E-state index is 0.0237. The van der Waals surface area contributed by atoms with Crippen molar-refractivity contribution in [2.75, 3.05) is 0 Å². The van der Waals surface area contributed by atoms with E-state index >= 15 is 0 Å². The van der Waals surface area contributed by atoms with Crippen LogP contribution < -0.4 is 4.72 Å². The fraction of sp³-hybridized carbons (Fsp3) is 0.308. The maximum absolute atomic E-state index is 12.1. The standard InChI is InChI=1S/C13H17N3O3S/c1-3-16-9-13(15-10(16)2)20(18,19)14-8-11-4-6-12(17)7-5-11/h4-7,9,14,17H,3,8H2,1-2H3. The van der Waals surface area contributed by atoms with E-state index in [1.54, 1.807) is 23.6 Å². The molecule has 0 radical (unpaired) electrons. The average molecular weight is 295 g/mol. The normalized spacial score (nSPS) is 11.7. The van der Waals surface area contributed by atoms with Crippen molar-refractivity contribution in [3.05, 3.63) is 41.9 Å². The fourth-order valence-electron chi connectivity index (χ4n) is 1.79. The Kier molecular flexibility index (Phi) is 4.10. The highest BCUT2D eigenvalue weighted by molar-refractivity contribution is 7.89. The highest BCUT2D eigenvalue weighted by Crippen LogP contribution is 2.12. The van der Waals surface area contributed by atoms with Crippen molar-refractivity contribution in [3.8, 4) is 5.75 Å². The Morgan fingerprint density at radius 2 is 1.95 bits per heavy atom. The SMILES string of the molecule is CCn1cc(S(=O)(=O)NCc2ccc(O)cc2)nc1C. The summed E-state index contributed by atoms with van der Waals surface area (Å²) in [6.45, 7) is 4.52. The Bertz CT molecular complexity index is 690. The molecule has 20 heavy (non-hydrogen) atoms. The van der Waals surface area contributed by atoms with E-state index in [1.165, 1.54) is 18.3 Å². The summed E-state index contributed by atoms with van der Waals surface area (Å²) >= 11 is 0. The number of rotatable bonds is 5. The van der Waals surface area contributed by atoms with Crippen molar-refractivity contribution in [2.24, 2.45) is 0 Å². The van der Waals surface area contributed by atoms with Crippen LogP contribution in [0.5, 0.6) is 5.75 Å². The maximum Gasteiger partial charge on any atom is 0.259 e. The molecular weight excluding hydrogens is 278 g/mol. The first kappa shape index (κ1) is 14.5. The number of nitrogens with zero attached hydrogens (tertiary/aromatic N) is 2. The molecule has 1 heterocycles. The molecule has 0 aliphatic rings. The third kappa shape index (κ3) is 3.17. The number of phenols is 1. The van der Waals surface area contributed by atoms with Crippen LogP contribution in [-0.2, 0) is 23.1 Å². The molecule has 0 aliphatic carbocycles. The Hall–Kier alpha value is -1.86. The van der Waals surface area contributed by atoms with E-state index in [0.717, 1.165) is 5.56 Å². The van der Waals surface area contributed by atoms with Gasteiger partial charge in [-0.2, -0.15) is 0 Å². The molecule has 2 N–H and O–H groups in total. The van der Waals surface area contributed by atoms with Gasteiger partial charge < -0.3 is 9.67 Å². The molecule has 0 bridgehead atoms. The van der Waals surface area contributed by atoms with Gasteiger partial charge in [0.25, 0.3) is 10.0 Å². The molecule has 0 atom stereocenters. The number of aryl methyl sites for hydroxylation is 2. The number of benzene rings is 1. The molecule has 2 aromatic rings. The second kappa shape index (κ2) is 5.64. The van der Waals surface area contributed by atoms with E-state index in [1.807, 2.05) is 6.92 Å². The summed E-state index contributed by atoms with van der Waals surface area (Å²) in [6, 6.07) is 6.35. The monoisotopic (exact) mass is 295 g/mol. The van der Waals surface area contributed by atoms with Crippen molar-refractivity contribution < 1.29 is 13.5 Å². The van der Waals surface area contributed by atoms with E-state index in [-0.39, 0.29) is 17.3 Å². The molecule has 6 nitrogen and oxygen atoms in total. The lowest BCUT2D eigenvalue weighted by atomic mass is 10.2. The quantitative estimate of drug-likeness (QED) is 0.873. The number of aromatic hydroxyl groups is 1. The summed E-state index contributed by atoms with van der Waals surface area (Å²) in [6.07, 6.45) is 1.52. The molecule has 0 aliphatic heterocycles. The molecule has 0 fully saturated rings. The molecule has 1 aromatic heterocycles. The molecule has 0 saturated heterocycles. The van der Waals surface area contributed by atoms with Crippen LogP contribution in [0.2, 0.25) is 0 Å². The van der Waals surface area contributed by atoms with E-state index < -0.39 is 10.0 Å². The lowest BCUT2D eigenvalue weighted by Crippen LogP contribution is -2.23. The van der Waals surface area contributed by atoms with Crippen molar-refractivity contribution >= 4 is 10.0 Å². The second-order valence-electron chi connectivity index (χ2n) is 4.40. The van der Waals surface area contributed by atoms with Gasteiger partial charge >= 0.3 is 0 Å². The predicted octanol–water partition coefficient (Wildman–Crippen LogP) is 1.40. The van der Waals surface area contributed by atoms with E-state index in [9.17, 15) is 13.5 Å². The van der Waals surface area contributed by atoms with Crippen LogP contribution in [0.15, 0.2) is 35.5 Å². The van der Waals surface area contributed by atoms with E-state index in [4.69, 9.17) is 0 Å². The van der Waals surface area contributed by atoms with Crippen LogP contribution in [0.3, 0.4) is 0 Å². The minimum Gasteiger partial charge on any atom is -0.508 e. The summed E-state index contributed by atoms with van der Waals surface area (Å²) in [5, 5.41) is 9.20. The topological polar surface area (TPSA) is 84.2 Å². The minimum atomic E-state index is -3.62. The zero-order chi connectivity index (χ0) is 14.8. The Labute approximate surface area is 118 Å². The van der Waals surface area contributed by atoms with Gasteiger partial charge in [-0.3, -0.25) is 0 Å². The maximum atomic E-state index is 12.1. The van der Waals surface area contributed by atoms with Crippen LogP contribution in [0, 0.1) is 6.92 Å². The number of imidazole rings is 1. The molecule has 0 unspecified atom stereocenters. The van der Waals surface area contributed by atoms with Gasteiger partial charge in [-0.05, 0) is 31.5 Å². The first-order valence-corrected chi connectivity index (χ1v) is 7.72. The second-order valence-corrected chi connectivity index (χ2v) is 6.12. The molecule has 0 saturated carbocycles. The number of phenolic OH excluding ortho intramolecular Hbond substituents is 1. The zero-order valence-corrected chi connectivity index (χ0v) is 12.2. The molecule has 108 valence electrons. The molecule has 2 rings (SSSR count). The van der Waals surface area contributed by atoms with Crippen LogP contribution in [-0.4, -0.2) is 23.1 Å². The largest absolute Gasteiger partial charge is 0.508 e. The van der Waals surface area contributed by atoms with Crippen LogP contribution >= 0.6 is 0 Å². The Morgan fingerprint density at radius 1 is 1.30 bits per heavy atom. The molecular formula is C13H17N3O3S. The predicted molar refractivity (Wildman–Crippen MR) is 74.8 cm³/mol. The zero-order valence-electron chi connectivity index (χ0n) is 11.4. The molecule has 0 spiro atoms. The number of sulfonamides is 1. The van der Waals surface area contributed by atoms with Crippen LogP contribution in [0.1, 0.15) is 18.3 Å². The highest BCUT2D eigenvalue weighted by Gasteiger charge is 2.18. The molecule has 0 amide bonds. The highest BCUT2D eigenvalue weighted by atomic mass is 32.2. The molecule has 7 heteroatoms. The number of hydrogen-bond acceptors (Lipinski definition) is 4. The van der Waals surface area contributed by atoms with Gasteiger partial charge in [0.2, 0.25) is 0 Å². The van der Waals surface area contributed by atoms with Gasteiger partial charge in [0.05, 0.1) is 0 Å². The lowest BCUT2D eigenvalue weighted by molar-refractivity contribution is 0.475. The third-order valence-electron chi connectivity index (χ3n) is 2.97. The van der Waals surface area contributed by atoms with Gasteiger partial charge in [0.1, 0.15) is 11.6 Å². The Morgan fingerprint density at radius 3 is 2.50 bits per heavy atom. The van der Waals surface area contributed by atoms with E-state index in [2.05, 4.69) is 9.71 Å². The number of hydrogen-bond donors (Lipinski definition) is 2. The van der Waals surface area contributed by atoms with Crippen LogP contribution in [0.4, 0.5) is 0 Å². The number of aromatic nitrogens is 2. The third-order valence-corrected chi connectivity index (χ3v) is 4.24.